The monoisotopic (exact) mass is 328 g/mol. The number of nitrogens with zero attached hydrogens (tertiary/aromatic N) is 3. The van der Waals surface area contributed by atoms with E-state index < -0.39 is 0 Å². The largest absolute Gasteiger partial charge is 0.333 e. The smallest absolute Gasteiger partial charge is 0.166 e. The lowest BCUT2D eigenvalue weighted by Gasteiger charge is -1.94. The summed E-state index contributed by atoms with van der Waals surface area (Å²) in [4.78, 5) is 12.5. The molecule has 4 nitrogen and oxygen atoms in total. The Labute approximate surface area is 136 Å². The minimum absolute atomic E-state index is 0.712. The quantitative estimate of drug-likeness (QED) is 0.564. The summed E-state index contributed by atoms with van der Waals surface area (Å²) in [5, 5.41) is 1.59. The number of imidazole rings is 2. The summed E-state index contributed by atoms with van der Waals surface area (Å²) in [5.74, 6) is 0.772. The lowest BCUT2D eigenvalue weighted by Crippen LogP contribution is -1.84. The van der Waals surface area contributed by atoms with Gasteiger partial charge in [0, 0.05) is 23.2 Å². The fourth-order valence-corrected chi connectivity index (χ4v) is 3.38. The lowest BCUT2D eigenvalue weighted by molar-refractivity contribution is 1.07. The molecule has 0 unspecified atom stereocenters. The lowest BCUT2D eigenvalue weighted by atomic mass is 10.3. The minimum atomic E-state index is 0.712. The summed E-state index contributed by atoms with van der Waals surface area (Å²) in [6, 6.07) is 9.77. The molecule has 1 N–H and O–H groups in total. The van der Waals surface area contributed by atoms with Gasteiger partial charge in [0.25, 0.3) is 0 Å². The Bertz CT molecular complexity index is 973. The molecular weight excluding hydrogens is 316 g/mol. The molecule has 4 rings (SSSR count). The van der Waals surface area contributed by atoms with Gasteiger partial charge in [-0.2, -0.15) is 0 Å². The van der Waals surface area contributed by atoms with Crippen LogP contribution >= 0.6 is 23.4 Å². The third kappa shape index (κ3) is 2.46. The number of fused-ring (bicyclic) bond motifs is 2. The predicted octanol–water partition coefficient (Wildman–Crippen LogP) is 4.46. The summed E-state index contributed by atoms with van der Waals surface area (Å²) in [7, 11) is 0. The van der Waals surface area contributed by atoms with Crippen molar-refractivity contribution in [2.75, 3.05) is 0 Å². The van der Waals surface area contributed by atoms with Crippen LogP contribution in [0.2, 0.25) is 5.02 Å². The van der Waals surface area contributed by atoms with Crippen LogP contribution in [0.4, 0.5) is 0 Å². The van der Waals surface area contributed by atoms with Crippen molar-refractivity contribution in [3.63, 3.8) is 0 Å². The average molecular weight is 329 g/mol. The highest BCUT2D eigenvalue weighted by Gasteiger charge is 2.07. The molecule has 3 aromatic heterocycles. The average Bonchev–Trinajstić information content (AvgIpc) is 3.08. The van der Waals surface area contributed by atoms with E-state index in [4.69, 9.17) is 11.6 Å². The normalized spacial score (nSPS) is 11.5. The van der Waals surface area contributed by atoms with Gasteiger partial charge >= 0.3 is 0 Å². The second-order valence-electron chi connectivity index (χ2n) is 5.15. The molecule has 0 atom stereocenters. The highest BCUT2D eigenvalue weighted by molar-refractivity contribution is 7.98. The molecular formula is C16H13ClN4S. The van der Waals surface area contributed by atoms with E-state index in [1.807, 2.05) is 30.5 Å². The molecule has 0 bridgehead atoms. The summed E-state index contributed by atoms with van der Waals surface area (Å²) in [5.41, 5.74) is 5.11. The fourth-order valence-electron chi connectivity index (χ4n) is 2.44. The topological polar surface area (TPSA) is 46.0 Å². The first-order chi connectivity index (χ1) is 10.7. The maximum atomic E-state index is 5.99. The third-order valence-corrected chi connectivity index (χ3v) is 4.65. The molecule has 0 saturated heterocycles. The van der Waals surface area contributed by atoms with Gasteiger partial charge in [-0.3, -0.25) is 0 Å². The number of thioether (sulfide) groups is 1. The molecule has 110 valence electrons. The molecule has 22 heavy (non-hydrogen) atoms. The first kappa shape index (κ1) is 13.7. The van der Waals surface area contributed by atoms with Gasteiger partial charge in [0.15, 0.2) is 5.16 Å². The van der Waals surface area contributed by atoms with Crippen LogP contribution in [0, 0.1) is 6.92 Å². The van der Waals surface area contributed by atoms with E-state index in [1.165, 1.54) is 5.56 Å². The molecule has 0 saturated carbocycles. The number of H-pyrrole nitrogens is 1. The number of aryl methyl sites for hydroxylation is 1. The molecule has 1 aromatic carbocycles. The summed E-state index contributed by atoms with van der Waals surface area (Å²) < 4.78 is 2.06. The zero-order valence-corrected chi connectivity index (χ0v) is 13.4. The number of nitrogens with one attached hydrogen (secondary N) is 1. The fraction of sp³-hybridized carbons (Fsp3) is 0.125. The second kappa shape index (κ2) is 5.34. The molecule has 4 aromatic rings. The van der Waals surface area contributed by atoms with Gasteiger partial charge in [0.1, 0.15) is 5.65 Å². The van der Waals surface area contributed by atoms with Gasteiger partial charge in [-0.05, 0) is 36.8 Å². The zero-order chi connectivity index (χ0) is 15.1. The van der Waals surface area contributed by atoms with E-state index in [0.29, 0.717) is 5.02 Å². The van der Waals surface area contributed by atoms with Gasteiger partial charge in [0.05, 0.1) is 16.7 Å². The van der Waals surface area contributed by atoms with Crippen molar-refractivity contribution in [1.29, 1.82) is 0 Å². The Balaban J connectivity index is 1.58. The number of rotatable bonds is 3. The molecule has 6 heteroatoms. The molecule has 0 radical (unpaired) electrons. The maximum Gasteiger partial charge on any atom is 0.166 e. The molecule has 0 aliphatic rings. The first-order valence-corrected chi connectivity index (χ1v) is 8.27. The Morgan fingerprint density at radius 1 is 1.27 bits per heavy atom. The van der Waals surface area contributed by atoms with Crippen LogP contribution in [-0.2, 0) is 5.75 Å². The Hall–Kier alpha value is -1.98. The van der Waals surface area contributed by atoms with Gasteiger partial charge in [-0.1, -0.05) is 29.4 Å². The van der Waals surface area contributed by atoms with Crippen molar-refractivity contribution in [2.45, 2.75) is 17.8 Å². The van der Waals surface area contributed by atoms with Gasteiger partial charge < -0.3 is 9.38 Å². The second-order valence-corrected chi connectivity index (χ2v) is 6.55. The van der Waals surface area contributed by atoms with Crippen LogP contribution in [0.1, 0.15) is 11.3 Å². The van der Waals surface area contributed by atoms with Crippen LogP contribution < -0.4 is 0 Å². The summed E-state index contributed by atoms with van der Waals surface area (Å²) >= 11 is 7.63. The van der Waals surface area contributed by atoms with Crippen molar-refractivity contribution in [3.05, 3.63) is 59.0 Å². The minimum Gasteiger partial charge on any atom is -0.333 e. The number of pyridine rings is 1. The molecule has 0 spiro atoms. The number of benzene rings is 1. The van der Waals surface area contributed by atoms with E-state index in [-0.39, 0.29) is 0 Å². The van der Waals surface area contributed by atoms with Gasteiger partial charge in [-0.15, -0.1) is 0 Å². The van der Waals surface area contributed by atoms with Crippen LogP contribution in [0.25, 0.3) is 16.7 Å². The molecule has 0 aliphatic heterocycles. The number of aromatic amines is 1. The van der Waals surface area contributed by atoms with Crippen LogP contribution in [0.5, 0.6) is 0 Å². The van der Waals surface area contributed by atoms with Crippen molar-refractivity contribution < 1.29 is 0 Å². The molecule has 3 heterocycles. The van der Waals surface area contributed by atoms with Gasteiger partial charge in [-0.25, -0.2) is 9.97 Å². The number of hydrogen-bond donors (Lipinski definition) is 1. The zero-order valence-electron chi connectivity index (χ0n) is 11.9. The molecule has 0 aliphatic carbocycles. The maximum absolute atomic E-state index is 5.99. The van der Waals surface area contributed by atoms with Gasteiger partial charge in [0.2, 0.25) is 0 Å². The highest BCUT2D eigenvalue weighted by atomic mass is 35.5. The molecule has 0 fully saturated rings. The third-order valence-electron chi connectivity index (χ3n) is 3.51. The summed E-state index contributed by atoms with van der Waals surface area (Å²) in [6.07, 6.45) is 4.08. The number of hydrogen-bond acceptors (Lipinski definition) is 3. The predicted molar refractivity (Wildman–Crippen MR) is 90.6 cm³/mol. The molecule has 0 amide bonds. The Kier molecular flexibility index (Phi) is 3.32. The van der Waals surface area contributed by atoms with Crippen LogP contribution in [-0.4, -0.2) is 19.4 Å². The van der Waals surface area contributed by atoms with E-state index in [0.717, 1.165) is 33.3 Å². The van der Waals surface area contributed by atoms with E-state index in [2.05, 4.69) is 38.5 Å². The Morgan fingerprint density at radius 2 is 2.18 bits per heavy atom. The van der Waals surface area contributed by atoms with Crippen molar-refractivity contribution >= 4 is 40.0 Å². The van der Waals surface area contributed by atoms with Crippen LogP contribution in [0.3, 0.4) is 0 Å². The number of halogens is 1. The van der Waals surface area contributed by atoms with Crippen molar-refractivity contribution in [1.82, 2.24) is 19.4 Å². The van der Waals surface area contributed by atoms with Crippen molar-refractivity contribution in [2.24, 2.45) is 0 Å². The SMILES string of the molecule is Cc1cccn2cc(CSc3nc4ccc(Cl)cc4[nH]3)nc12. The summed E-state index contributed by atoms with van der Waals surface area (Å²) in [6.45, 7) is 2.07. The Morgan fingerprint density at radius 3 is 3.05 bits per heavy atom. The first-order valence-electron chi connectivity index (χ1n) is 6.90. The van der Waals surface area contributed by atoms with E-state index in [9.17, 15) is 0 Å². The highest BCUT2D eigenvalue weighted by Crippen LogP contribution is 2.25. The van der Waals surface area contributed by atoms with E-state index in [1.54, 1.807) is 11.8 Å². The van der Waals surface area contributed by atoms with E-state index >= 15 is 0 Å². The van der Waals surface area contributed by atoms with Crippen molar-refractivity contribution in [3.8, 4) is 0 Å². The number of aromatic nitrogens is 4. The standard InChI is InChI=1S/C16H13ClN4S/c1-10-3-2-6-21-8-12(18-15(10)21)9-22-16-19-13-5-4-11(17)7-14(13)20-16/h2-8H,9H2,1H3,(H,19,20). The van der Waals surface area contributed by atoms with Crippen LogP contribution in [0.15, 0.2) is 47.9 Å².